The van der Waals surface area contributed by atoms with Crippen LogP contribution in [0.5, 0.6) is 0 Å². The van der Waals surface area contributed by atoms with Crippen molar-refractivity contribution >= 4 is 11.0 Å². The van der Waals surface area contributed by atoms with Gasteiger partial charge >= 0.3 is 0 Å². The minimum atomic E-state index is -0.264. The Morgan fingerprint density at radius 3 is 2.70 bits per heavy atom. The van der Waals surface area contributed by atoms with Crippen molar-refractivity contribution < 1.29 is 4.39 Å². The van der Waals surface area contributed by atoms with Gasteiger partial charge in [-0.25, -0.2) is 9.07 Å². The largest absolute Gasteiger partial charge is 0.225 e. The minimum Gasteiger partial charge on any atom is -0.225 e. The Hall–Kier alpha value is -2.67. The van der Waals surface area contributed by atoms with Crippen molar-refractivity contribution in [1.82, 2.24) is 15.0 Å². The molecular formula is C19H18FN3. The van der Waals surface area contributed by atoms with Crippen molar-refractivity contribution in [2.45, 2.75) is 32.2 Å². The molecule has 3 nitrogen and oxygen atoms in total. The van der Waals surface area contributed by atoms with Gasteiger partial charge in [0, 0.05) is 6.42 Å². The average molecular weight is 307 g/mol. The molecule has 0 saturated carbocycles. The third kappa shape index (κ3) is 3.40. The van der Waals surface area contributed by atoms with Crippen LogP contribution in [0.1, 0.15) is 37.8 Å². The topological polar surface area (TPSA) is 30.7 Å². The van der Waals surface area contributed by atoms with E-state index in [2.05, 4.69) is 29.1 Å². The molecule has 116 valence electrons. The van der Waals surface area contributed by atoms with Crippen molar-refractivity contribution in [3.63, 3.8) is 0 Å². The standard InChI is InChI=1S/C19H18FN3/c1-2-3-4-5-9-18(15-11-13-16(20)14-12-15)23-19-10-7-6-8-17(19)21-22-23/h6-8,10-14,18H,2-4H2,1H3. The molecule has 3 aromatic rings. The van der Waals surface area contributed by atoms with E-state index in [4.69, 9.17) is 0 Å². The van der Waals surface area contributed by atoms with E-state index >= 15 is 0 Å². The number of unbranched alkanes of at least 4 members (excludes halogenated alkanes) is 2. The maximum absolute atomic E-state index is 13.2. The lowest BCUT2D eigenvalue weighted by Crippen LogP contribution is -2.10. The van der Waals surface area contributed by atoms with Crippen molar-refractivity contribution in [3.8, 4) is 11.8 Å². The first-order valence-corrected chi connectivity index (χ1v) is 7.83. The van der Waals surface area contributed by atoms with Gasteiger partial charge in [-0.3, -0.25) is 0 Å². The van der Waals surface area contributed by atoms with Gasteiger partial charge in [-0.15, -0.1) is 11.0 Å². The van der Waals surface area contributed by atoms with Crippen LogP contribution in [0.15, 0.2) is 48.5 Å². The highest BCUT2D eigenvalue weighted by molar-refractivity contribution is 5.74. The van der Waals surface area contributed by atoms with Gasteiger partial charge in [-0.1, -0.05) is 48.7 Å². The molecule has 4 heteroatoms. The molecule has 1 aromatic heterocycles. The molecule has 0 bridgehead atoms. The van der Waals surface area contributed by atoms with Crippen molar-refractivity contribution in [1.29, 1.82) is 0 Å². The number of halogens is 1. The Balaban J connectivity index is 2.03. The number of nitrogens with zero attached hydrogens (tertiary/aromatic N) is 3. The molecule has 3 rings (SSSR count). The van der Waals surface area contributed by atoms with Crippen LogP contribution in [-0.2, 0) is 0 Å². The summed E-state index contributed by atoms with van der Waals surface area (Å²) in [6.07, 6.45) is 3.03. The Morgan fingerprint density at radius 1 is 1.13 bits per heavy atom. The second-order valence-electron chi connectivity index (χ2n) is 5.40. The monoisotopic (exact) mass is 307 g/mol. The zero-order valence-corrected chi connectivity index (χ0v) is 13.0. The number of aromatic nitrogens is 3. The molecule has 23 heavy (non-hydrogen) atoms. The molecule has 0 saturated heterocycles. The second-order valence-corrected chi connectivity index (χ2v) is 5.40. The predicted molar refractivity (Wildman–Crippen MR) is 89.4 cm³/mol. The first-order valence-electron chi connectivity index (χ1n) is 7.83. The lowest BCUT2D eigenvalue weighted by Gasteiger charge is -2.12. The van der Waals surface area contributed by atoms with E-state index < -0.39 is 0 Å². The molecule has 0 aliphatic heterocycles. The number of fused-ring (bicyclic) bond motifs is 1. The van der Waals surface area contributed by atoms with Gasteiger partial charge in [-0.2, -0.15) is 0 Å². The van der Waals surface area contributed by atoms with Crippen LogP contribution < -0.4 is 0 Å². The Morgan fingerprint density at radius 2 is 1.91 bits per heavy atom. The summed E-state index contributed by atoms with van der Waals surface area (Å²) in [6.45, 7) is 2.14. The molecule has 0 fully saturated rings. The van der Waals surface area contributed by atoms with Gasteiger partial charge in [-0.05, 0) is 36.2 Å². The first-order chi connectivity index (χ1) is 11.3. The maximum atomic E-state index is 13.2. The summed E-state index contributed by atoms with van der Waals surface area (Å²) in [5.41, 5.74) is 2.66. The molecule has 1 atom stereocenters. The van der Waals surface area contributed by atoms with Crippen molar-refractivity contribution in [2.24, 2.45) is 0 Å². The van der Waals surface area contributed by atoms with Crippen LogP contribution in [0.3, 0.4) is 0 Å². The molecule has 0 aliphatic carbocycles. The molecular weight excluding hydrogens is 289 g/mol. The van der Waals surface area contributed by atoms with Crippen LogP contribution in [0, 0.1) is 17.7 Å². The first kappa shape index (κ1) is 15.2. The van der Waals surface area contributed by atoms with Crippen LogP contribution in [0.4, 0.5) is 4.39 Å². The van der Waals surface area contributed by atoms with Crippen molar-refractivity contribution in [3.05, 3.63) is 59.9 Å². The zero-order chi connectivity index (χ0) is 16.1. The molecule has 1 heterocycles. The third-order valence-electron chi connectivity index (χ3n) is 3.70. The molecule has 0 N–H and O–H groups in total. The van der Waals surface area contributed by atoms with Gasteiger partial charge < -0.3 is 0 Å². The predicted octanol–water partition coefficient (Wildman–Crippen LogP) is 4.35. The third-order valence-corrected chi connectivity index (χ3v) is 3.70. The Labute approximate surface area is 135 Å². The number of para-hydroxylation sites is 1. The fraction of sp³-hybridized carbons (Fsp3) is 0.263. The minimum absolute atomic E-state index is 0.255. The van der Waals surface area contributed by atoms with E-state index in [9.17, 15) is 4.39 Å². The summed E-state index contributed by atoms with van der Waals surface area (Å²) in [4.78, 5) is 0. The van der Waals surface area contributed by atoms with Gasteiger partial charge in [0.1, 0.15) is 17.4 Å². The van der Waals surface area contributed by atoms with E-state index in [1.165, 1.54) is 12.1 Å². The molecule has 0 spiro atoms. The Bertz CT molecular complexity index is 840. The summed E-state index contributed by atoms with van der Waals surface area (Å²) >= 11 is 0. The summed E-state index contributed by atoms with van der Waals surface area (Å²) in [7, 11) is 0. The van der Waals surface area contributed by atoms with E-state index in [-0.39, 0.29) is 11.9 Å². The number of hydrogen-bond acceptors (Lipinski definition) is 2. The fourth-order valence-electron chi connectivity index (χ4n) is 2.44. The van der Waals surface area contributed by atoms with E-state index in [0.29, 0.717) is 0 Å². The van der Waals surface area contributed by atoms with Gasteiger partial charge in [0.2, 0.25) is 0 Å². The average Bonchev–Trinajstić information content (AvgIpc) is 3.00. The van der Waals surface area contributed by atoms with E-state index in [0.717, 1.165) is 35.9 Å². The van der Waals surface area contributed by atoms with Gasteiger partial charge in [0.05, 0.1) is 5.52 Å². The molecule has 1 unspecified atom stereocenters. The lowest BCUT2D eigenvalue weighted by atomic mass is 10.1. The SMILES string of the molecule is CCCCC#CC(c1ccc(F)cc1)n1nnc2ccccc21. The lowest BCUT2D eigenvalue weighted by molar-refractivity contribution is 0.607. The summed E-state index contributed by atoms with van der Waals surface area (Å²) in [6, 6.07) is 13.9. The van der Waals surface area contributed by atoms with Crippen molar-refractivity contribution in [2.75, 3.05) is 0 Å². The fourth-order valence-corrected chi connectivity index (χ4v) is 2.44. The highest BCUT2D eigenvalue weighted by atomic mass is 19.1. The van der Waals surface area contributed by atoms with Crippen LogP contribution >= 0.6 is 0 Å². The summed E-state index contributed by atoms with van der Waals surface area (Å²) < 4.78 is 15.0. The number of hydrogen-bond donors (Lipinski definition) is 0. The normalized spacial score (nSPS) is 11.9. The molecule has 0 amide bonds. The van der Waals surface area contributed by atoms with Crippen LogP contribution in [-0.4, -0.2) is 15.0 Å². The Kier molecular flexibility index (Phi) is 4.68. The number of benzene rings is 2. The molecule has 2 aromatic carbocycles. The summed E-state index contributed by atoms with van der Waals surface area (Å²) in [5.74, 6) is 6.24. The summed E-state index contributed by atoms with van der Waals surface area (Å²) in [5, 5.41) is 8.46. The molecule has 0 radical (unpaired) electrons. The van der Waals surface area contributed by atoms with E-state index in [1.54, 1.807) is 12.1 Å². The van der Waals surface area contributed by atoms with Crippen LogP contribution in [0.2, 0.25) is 0 Å². The highest BCUT2D eigenvalue weighted by Gasteiger charge is 2.15. The van der Waals surface area contributed by atoms with E-state index in [1.807, 2.05) is 28.9 Å². The smallest absolute Gasteiger partial charge is 0.140 e. The quantitative estimate of drug-likeness (QED) is 0.530. The van der Waals surface area contributed by atoms with Crippen LogP contribution in [0.25, 0.3) is 11.0 Å². The number of rotatable bonds is 4. The molecule has 0 aliphatic rings. The maximum Gasteiger partial charge on any atom is 0.140 e. The second kappa shape index (κ2) is 7.06. The highest BCUT2D eigenvalue weighted by Crippen LogP contribution is 2.22. The zero-order valence-electron chi connectivity index (χ0n) is 13.0. The van der Waals surface area contributed by atoms with Gasteiger partial charge in [0.25, 0.3) is 0 Å². The van der Waals surface area contributed by atoms with Gasteiger partial charge in [0.15, 0.2) is 0 Å².